The van der Waals surface area contributed by atoms with Crippen LogP contribution >= 0.6 is 23.2 Å². The Balaban J connectivity index is 1.47. The third-order valence-corrected chi connectivity index (χ3v) is 8.19. The van der Waals surface area contributed by atoms with E-state index in [1.165, 1.54) is 18.4 Å². The lowest BCUT2D eigenvalue weighted by Crippen LogP contribution is -2.45. The maximum Gasteiger partial charge on any atom is 0.190 e. The van der Waals surface area contributed by atoms with Gasteiger partial charge in [0.05, 0.1) is 24.5 Å². The smallest absolute Gasteiger partial charge is 0.190 e. The normalized spacial score (nSPS) is 23.6. The van der Waals surface area contributed by atoms with E-state index in [0.29, 0.717) is 39.2 Å². The van der Waals surface area contributed by atoms with Gasteiger partial charge in [0.2, 0.25) is 0 Å². The molecule has 1 aliphatic heterocycles. The largest absolute Gasteiger partial charge is 0.383 e. The average molecular weight is 525 g/mol. The summed E-state index contributed by atoms with van der Waals surface area (Å²) in [5.41, 5.74) is 4.22. The van der Waals surface area contributed by atoms with Crippen molar-refractivity contribution in [2.75, 3.05) is 20.3 Å². The highest BCUT2D eigenvalue weighted by Gasteiger charge is 2.35. The van der Waals surface area contributed by atoms with Gasteiger partial charge in [-0.15, -0.1) is 0 Å². The van der Waals surface area contributed by atoms with Crippen LogP contribution in [0.15, 0.2) is 30.5 Å². The molecule has 188 valence electrons. The number of halogens is 2. The molecule has 1 fully saturated rings. The summed E-state index contributed by atoms with van der Waals surface area (Å²) in [5.74, 6) is 0.492. The van der Waals surface area contributed by atoms with Crippen molar-refractivity contribution in [1.82, 2.24) is 24.6 Å². The van der Waals surface area contributed by atoms with Crippen molar-refractivity contribution in [2.45, 2.75) is 57.7 Å². The SMILES string of the molecule is COCC1CCCN1C1CC=C(c2cnc3c(C#N)nn([C@H](C)c4ccc(Cl)cc4Cl)c3n2)CC1C. The van der Waals surface area contributed by atoms with E-state index < -0.39 is 0 Å². The molecule has 3 aromatic rings. The molecule has 0 bridgehead atoms. The van der Waals surface area contributed by atoms with Crippen LogP contribution in [0.2, 0.25) is 10.0 Å². The van der Waals surface area contributed by atoms with Gasteiger partial charge in [-0.3, -0.25) is 4.90 Å². The number of nitriles is 1. The predicted molar refractivity (Wildman–Crippen MR) is 142 cm³/mol. The Kier molecular flexibility index (Phi) is 7.32. The molecule has 1 saturated heterocycles. The molecule has 0 spiro atoms. The molecule has 0 saturated carbocycles. The number of rotatable bonds is 6. The fourth-order valence-corrected chi connectivity index (χ4v) is 6.35. The van der Waals surface area contributed by atoms with E-state index in [1.54, 1.807) is 30.1 Å². The predicted octanol–water partition coefficient (Wildman–Crippen LogP) is 5.91. The van der Waals surface area contributed by atoms with Crippen molar-refractivity contribution in [3.8, 4) is 6.07 Å². The Bertz CT molecular complexity index is 1350. The van der Waals surface area contributed by atoms with Gasteiger partial charge in [0, 0.05) is 29.2 Å². The zero-order valence-corrected chi connectivity index (χ0v) is 22.3. The topological polar surface area (TPSA) is 79.9 Å². The lowest BCUT2D eigenvalue weighted by atomic mass is 9.83. The van der Waals surface area contributed by atoms with Crippen LogP contribution in [0.1, 0.15) is 62.5 Å². The van der Waals surface area contributed by atoms with Gasteiger partial charge in [-0.25, -0.2) is 14.6 Å². The first-order valence-electron chi connectivity index (χ1n) is 12.5. The van der Waals surface area contributed by atoms with Crippen molar-refractivity contribution in [1.29, 1.82) is 5.26 Å². The average Bonchev–Trinajstić information content (AvgIpc) is 3.48. The maximum absolute atomic E-state index is 9.68. The zero-order chi connectivity index (χ0) is 25.4. The Hall–Kier alpha value is -2.50. The molecule has 9 heteroatoms. The number of likely N-dealkylation sites (tertiary alicyclic amines) is 1. The van der Waals surface area contributed by atoms with Gasteiger partial charge in [-0.1, -0.05) is 42.3 Å². The number of hydrogen-bond donors (Lipinski definition) is 0. The summed E-state index contributed by atoms with van der Waals surface area (Å²) < 4.78 is 7.22. The summed E-state index contributed by atoms with van der Waals surface area (Å²) in [6.07, 6.45) is 8.44. The van der Waals surface area contributed by atoms with Gasteiger partial charge in [-0.05, 0) is 68.3 Å². The van der Waals surface area contributed by atoms with Crippen LogP contribution in [0.4, 0.5) is 0 Å². The summed E-state index contributed by atoms with van der Waals surface area (Å²) >= 11 is 12.6. The molecule has 1 aliphatic carbocycles. The maximum atomic E-state index is 9.68. The van der Waals surface area contributed by atoms with Crippen LogP contribution in [-0.2, 0) is 4.74 Å². The third kappa shape index (κ3) is 4.64. The summed E-state index contributed by atoms with van der Waals surface area (Å²) in [6, 6.07) is 8.32. The first kappa shape index (κ1) is 25.2. The molecule has 3 heterocycles. The highest BCUT2D eigenvalue weighted by atomic mass is 35.5. The number of benzene rings is 1. The lowest BCUT2D eigenvalue weighted by molar-refractivity contribution is 0.0696. The molecule has 0 amide bonds. The number of nitrogens with zero attached hydrogens (tertiary/aromatic N) is 6. The quantitative estimate of drug-likeness (QED) is 0.398. The minimum absolute atomic E-state index is 0.250. The van der Waals surface area contributed by atoms with Crippen molar-refractivity contribution < 1.29 is 4.74 Å². The molecule has 2 aromatic heterocycles. The van der Waals surface area contributed by atoms with E-state index in [1.807, 2.05) is 13.0 Å². The van der Waals surface area contributed by atoms with Gasteiger partial charge in [-0.2, -0.15) is 10.4 Å². The van der Waals surface area contributed by atoms with Gasteiger partial charge in [0.15, 0.2) is 11.3 Å². The number of aromatic nitrogens is 4. The van der Waals surface area contributed by atoms with E-state index >= 15 is 0 Å². The van der Waals surface area contributed by atoms with Crippen LogP contribution in [-0.4, -0.2) is 57.0 Å². The van der Waals surface area contributed by atoms with E-state index in [0.717, 1.165) is 37.3 Å². The molecule has 3 unspecified atom stereocenters. The Labute approximate surface area is 221 Å². The summed E-state index contributed by atoms with van der Waals surface area (Å²) in [5, 5.41) is 15.3. The zero-order valence-electron chi connectivity index (χ0n) is 20.8. The standard InChI is InChI=1S/C27H30Cl2N6O/c1-16-11-18(6-9-25(16)34-10-4-5-20(34)15-36-3)24-14-31-26-23(13-30)33-35(27(26)32-24)17(2)21-8-7-19(28)12-22(21)29/h6-8,12,14,16-17,20,25H,4-5,9-11,15H2,1-3H3/t16?,17-,20?,25?/m1/s1. The first-order chi connectivity index (χ1) is 17.4. The van der Waals surface area contributed by atoms with Crippen molar-refractivity contribution in [2.24, 2.45) is 5.92 Å². The fraction of sp³-hybridized carbons (Fsp3) is 0.481. The van der Waals surface area contributed by atoms with Crippen molar-refractivity contribution in [3.05, 3.63) is 57.5 Å². The highest BCUT2D eigenvalue weighted by Crippen LogP contribution is 2.37. The van der Waals surface area contributed by atoms with Crippen LogP contribution in [0.5, 0.6) is 0 Å². The second-order valence-corrected chi connectivity index (χ2v) is 10.7. The summed E-state index contributed by atoms with van der Waals surface area (Å²) in [7, 11) is 1.79. The molecule has 2 aliphatic rings. The van der Waals surface area contributed by atoms with Crippen molar-refractivity contribution >= 4 is 39.9 Å². The van der Waals surface area contributed by atoms with Crippen LogP contribution in [0.3, 0.4) is 0 Å². The second-order valence-electron chi connectivity index (χ2n) is 9.88. The highest BCUT2D eigenvalue weighted by molar-refractivity contribution is 6.35. The monoisotopic (exact) mass is 524 g/mol. The van der Waals surface area contributed by atoms with Crippen LogP contribution < -0.4 is 0 Å². The number of ether oxygens (including phenoxy) is 1. The van der Waals surface area contributed by atoms with Crippen LogP contribution in [0.25, 0.3) is 16.7 Å². The number of allylic oxidation sites excluding steroid dienone is 1. The van der Waals surface area contributed by atoms with Gasteiger partial charge in [0.1, 0.15) is 11.6 Å². The second kappa shape index (κ2) is 10.5. The lowest BCUT2D eigenvalue weighted by Gasteiger charge is -2.39. The molecular weight excluding hydrogens is 495 g/mol. The number of fused-ring (bicyclic) bond motifs is 1. The number of methoxy groups -OCH3 is 1. The van der Waals surface area contributed by atoms with Gasteiger partial charge >= 0.3 is 0 Å². The number of hydrogen-bond acceptors (Lipinski definition) is 6. The molecule has 5 rings (SSSR count). The molecule has 4 atom stereocenters. The molecule has 1 aromatic carbocycles. The van der Waals surface area contributed by atoms with E-state index in [2.05, 4.69) is 34.1 Å². The molecule has 0 N–H and O–H groups in total. The van der Waals surface area contributed by atoms with E-state index in [4.69, 9.17) is 32.9 Å². The fourth-order valence-electron chi connectivity index (χ4n) is 5.78. The Morgan fingerprint density at radius 1 is 1.31 bits per heavy atom. The van der Waals surface area contributed by atoms with Crippen LogP contribution in [0, 0.1) is 17.2 Å². The minimum atomic E-state index is -0.250. The first-order valence-corrected chi connectivity index (χ1v) is 13.2. The third-order valence-electron chi connectivity index (χ3n) is 7.63. The molecular formula is C27H30Cl2N6O. The summed E-state index contributed by atoms with van der Waals surface area (Å²) in [4.78, 5) is 12.2. The molecule has 7 nitrogen and oxygen atoms in total. The Morgan fingerprint density at radius 3 is 2.86 bits per heavy atom. The Morgan fingerprint density at radius 2 is 2.14 bits per heavy atom. The van der Waals surface area contributed by atoms with Crippen molar-refractivity contribution in [3.63, 3.8) is 0 Å². The molecule has 0 radical (unpaired) electrons. The van der Waals surface area contributed by atoms with Gasteiger partial charge in [0.25, 0.3) is 0 Å². The minimum Gasteiger partial charge on any atom is -0.383 e. The van der Waals surface area contributed by atoms with Gasteiger partial charge < -0.3 is 4.74 Å². The van der Waals surface area contributed by atoms with E-state index in [9.17, 15) is 5.26 Å². The summed E-state index contributed by atoms with van der Waals surface area (Å²) in [6.45, 7) is 6.24. The van der Waals surface area contributed by atoms with E-state index in [-0.39, 0.29) is 11.7 Å². The molecule has 36 heavy (non-hydrogen) atoms.